The molecule has 0 unspecified atom stereocenters. The van der Waals surface area contributed by atoms with Crippen molar-refractivity contribution >= 4 is 34.1 Å². The SMILES string of the molecule is Cc1cccc(Nc2ncnc3c2c(-c2ccccc2)cn3-c2ccc(Cl)cc2)c1. The number of anilines is 2. The van der Waals surface area contributed by atoms with Crippen molar-refractivity contribution < 1.29 is 0 Å². The molecule has 0 saturated carbocycles. The molecule has 1 N–H and O–H groups in total. The Morgan fingerprint density at radius 3 is 2.43 bits per heavy atom. The van der Waals surface area contributed by atoms with Gasteiger partial charge >= 0.3 is 0 Å². The number of benzene rings is 3. The fourth-order valence-electron chi connectivity index (χ4n) is 3.65. The van der Waals surface area contributed by atoms with Crippen molar-refractivity contribution in [2.75, 3.05) is 5.32 Å². The van der Waals surface area contributed by atoms with Crippen molar-refractivity contribution in [2.24, 2.45) is 0 Å². The van der Waals surface area contributed by atoms with Crippen LogP contribution in [0.4, 0.5) is 11.5 Å². The molecule has 0 atom stereocenters. The predicted octanol–water partition coefficient (Wildman–Crippen LogP) is 6.79. The van der Waals surface area contributed by atoms with Crippen LogP contribution in [0, 0.1) is 6.92 Å². The molecule has 146 valence electrons. The lowest BCUT2D eigenvalue weighted by molar-refractivity contribution is 1.08. The Balaban J connectivity index is 1.74. The van der Waals surface area contributed by atoms with Crippen LogP contribution >= 0.6 is 11.6 Å². The van der Waals surface area contributed by atoms with E-state index in [0.29, 0.717) is 5.02 Å². The number of rotatable bonds is 4. The number of aryl methyl sites for hydroxylation is 1. The van der Waals surface area contributed by atoms with Crippen molar-refractivity contribution in [3.63, 3.8) is 0 Å². The molecular formula is C25H19ClN4. The Kier molecular flexibility index (Phi) is 4.69. The molecule has 3 aromatic carbocycles. The second-order valence-corrected chi connectivity index (χ2v) is 7.61. The molecule has 2 aromatic heterocycles. The van der Waals surface area contributed by atoms with Gasteiger partial charge in [0, 0.05) is 28.2 Å². The predicted molar refractivity (Wildman–Crippen MR) is 124 cm³/mol. The lowest BCUT2D eigenvalue weighted by Gasteiger charge is -2.09. The first-order valence-electron chi connectivity index (χ1n) is 9.70. The van der Waals surface area contributed by atoms with Crippen LogP contribution in [0.3, 0.4) is 0 Å². The standard InChI is InChI=1S/C25H19ClN4/c1-17-6-5-9-20(14-17)29-24-23-22(18-7-3-2-4-8-18)15-30(25(23)28-16-27-24)21-12-10-19(26)11-13-21/h2-16H,1H3,(H,27,28,29). The summed E-state index contributed by atoms with van der Waals surface area (Å²) in [6.07, 6.45) is 3.71. The molecule has 5 aromatic rings. The van der Waals surface area contributed by atoms with Crippen molar-refractivity contribution in [3.8, 4) is 16.8 Å². The van der Waals surface area contributed by atoms with E-state index in [2.05, 4.69) is 57.2 Å². The van der Waals surface area contributed by atoms with E-state index < -0.39 is 0 Å². The Hall–Kier alpha value is -3.63. The fourth-order valence-corrected chi connectivity index (χ4v) is 3.78. The smallest absolute Gasteiger partial charge is 0.150 e. The molecule has 30 heavy (non-hydrogen) atoms. The number of hydrogen-bond acceptors (Lipinski definition) is 3. The fraction of sp³-hybridized carbons (Fsp3) is 0.0400. The van der Waals surface area contributed by atoms with Gasteiger partial charge in [-0.05, 0) is 54.4 Å². The quantitative estimate of drug-likeness (QED) is 0.354. The van der Waals surface area contributed by atoms with E-state index in [9.17, 15) is 0 Å². The lowest BCUT2D eigenvalue weighted by Crippen LogP contribution is -1.98. The van der Waals surface area contributed by atoms with Gasteiger partial charge in [-0.1, -0.05) is 54.1 Å². The van der Waals surface area contributed by atoms with Gasteiger partial charge in [0.2, 0.25) is 0 Å². The van der Waals surface area contributed by atoms with Crippen LogP contribution in [-0.2, 0) is 0 Å². The number of fused-ring (bicyclic) bond motifs is 1. The van der Waals surface area contributed by atoms with Crippen molar-refractivity contribution in [1.29, 1.82) is 0 Å². The second kappa shape index (κ2) is 7.65. The number of hydrogen-bond donors (Lipinski definition) is 1. The van der Waals surface area contributed by atoms with E-state index in [1.807, 2.05) is 54.6 Å². The highest BCUT2D eigenvalue weighted by Crippen LogP contribution is 2.36. The molecule has 0 aliphatic carbocycles. The molecule has 5 rings (SSSR count). The molecule has 0 amide bonds. The van der Waals surface area contributed by atoms with E-state index in [-0.39, 0.29) is 0 Å². The first-order valence-corrected chi connectivity index (χ1v) is 10.1. The Bertz CT molecular complexity index is 1320. The van der Waals surface area contributed by atoms with Crippen LogP contribution in [0.5, 0.6) is 0 Å². The third kappa shape index (κ3) is 3.42. The van der Waals surface area contributed by atoms with Gasteiger partial charge in [-0.3, -0.25) is 0 Å². The summed E-state index contributed by atoms with van der Waals surface area (Å²) in [6.45, 7) is 2.08. The number of nitrogens with zero attached hydrogens (tertiary/aromatic N) is 3. The second-order valence-electron chi connectivity index (χ2n) is 7.17. The highest BCUT2D eigenvalue weighted by atomic mass is 35.5. The summed E-state index contributed by atoms with van der Waals surface area (Å²) < 4.78 is 2.08. The van der Waals surface area contributed by atoms with Gasteiger partial charge in [0.25, 0.3) is 0 Å². The van der Waals surface area contributed by atoms with Gasteiger partial charge in [-0.15, -0.1) is 0 Å². The van der Waals surface area contributed by atoms with E-state index >= 15 is 0 Å². The zero-order chi connectivity index (χ0) is 20.5. The Labute approximate surface area is 179 Å². The topological polar surface area (TPSA) is 42.7 Å². The van der Waals surface area contributed by atoms with Crippen molar-refractivity contribution in [1.82, 2.24) is 14.5 Å². The van der Waals surface area contributed by atoms with Gasteiger partial charge in [0.05, 0.1) is 5.39 Å². The van der Waals surface area contributed by atoms with Gasteiger partial charge in [0.1, 0.15) is 12.1 Å². The summed E-state index contributed by atoms with van der Waals surface area (Å²) in [5, 5.41) is 5.16. The van der Waals surface area contributed by atoms with Gasteiger partial charge < -0.3 is 9.88 Å². The van der Waals surface area contributed by atoms with Gasteiger partial charge in [-0.25, -0.2) is 9.97 Å². The zero-order valence-corrected chi connectivity index (χ0v) is 17.1. The van der Waals surface area contributed by atoms with Crippen LogP contribution in [-0.4, -0.2) is 14.5 Å². The molecule has 5 heteroatoms. The molecule has 0 radical (unpaired) electrons. The third-order valence-electron chi connectivity index (χ3n) is 5.05. The van der Waals surface area contributed by atoms with Crippen LogP contribution in [0.2, 0.25) is 5.02 Å². The first-order chi connectivity index (χ1) is 14.7. The highest BCUT2D eigenvalue weighted by Gasteiger charge is 2.17. The summed E-state index contributed by atoms with van der Waals surface area (Å²) in [4.78, 5) is 9.21. The van der Waals surface area contributed by atoms with E-state index in [0.717, 1.165) is 39.4 Å². The highest BCUT2D eigenvalue weighted by molar-refractivity contribution is 6.30. The maximum atomic E-state index is 6.10. The average Bonchev–Trinajstić information content (AvgIpc) is 3.16. The monoisotopic (exact) mass is 410 g/mol. The first kappa shape index (κ1) is 18.4. The Morgan fingerprint density at radius 2 is 1.67 bits per heavy atom. The zero-order valence-electron chi connectivity index (χ0n) is 16.4. The van der Waals surface area contributed by atoms with E-state index in [1.54, 1.807) is 6.33 Å². The number of halogens is 1. The minimum atomic E-state index is 0.704. The minimum absolute atomic E-state index is 0.704. The van der Waals surface area contributed by atoms with Crippen LogP contribution in [0.15, 0.2) is 91.4 Å². The normalized spacial score (nSPS) is 11.0. The molecule has 0 fully saturated rings. The molecule has 2 heterocycles. The van der Waals surface area contributed by atoms with Crippen LogP contribution < -0.4 is 5.32 Å². The van der Waals surface area contributed by atoms with Crippen LogP contribution in [0.1, 0.15) is 5.56 Å². The Morgan fingerprint density at radius 1 is 0.867 bits per heavy atom. The third-order valence-corrected chi connectivity index (χ3v) is 5.31. The van der Waals surface area contributed by atoms with Crippen LogP contribution in [0.25, 0.3) is 27.8 Å². The minimum Gasteiger partial charge on any atom is -0.340 e. The average molecular weight is 411 g/mol. The maximum absolute atomic E-state index is 6.10. The van der Waals surface area contributed by atoms with Gasteiger partial charge in [0.15, 0.2) is 5.65 Å². The van der Waals surface area contributed by atoms with E-state index in [4.69, 9.17) is 11.6 Å². The van der Waals surface area contributed by atoms with Crippen molar-refractivity contribution in [2.45, 2.75) is 6.92 Å². The molecule has 0 saturated heterocycles. The number of nitrogens with one attached hydrogen (secondary N) is 1. The molecule has 0 spiro atoms. The molecule has 0 bridgehead atoms. The summed E-state index contributed by atoms with van der Waals surface area (Å²) >= 11 is 6.10. The lowest BCUT2D eigenvalue weighted by atomic mass is 10.1. The summed E-state index contributed by atoms with van der Waals surface area (Å²) in [5.74, 6) is 0.775. The summed E-state index contributed by atoms with van der Waals surface area (Å²) in [6, 6.07) is 26.3. The molecule has 0 aliphatic heterocycles. The maximum Gasteiger partial charge on any atom is 0.150 e. The van der Waals surface area contributed by atoms with Gasteiger partial charge in [-0.2, -0.15) is 0 Å². The number of aromatic nitrogens is 3. The molecular weight excluding hydrogens is 392 g/mol. The van der Waals surface area contributed by atoms with Crippen molar-refractivity contribution in [3.05, 3.63) is 102 Å². The molecule has 0 aliphatic rings. The summed E-state index contributed by atoms with van der Waals surface area (Å²) in [5.41, 5.74) is 6.18. The van der Waals surface area contributed by atoms with E-state index in [1.165, 1.54) is 5.56 Å². The molecule has 4 nitrogen and oxygen atoms in total. The largest absolute Gasteiger partial charge is 0.340 e. The summed E-state index contributed by atoms with van der Waals surface area (Å²) in [7, 11) is 0.